The van der Waals surface area contributed by atoms with Crippen LogP contribution in [0.1, 0.15) is 26.7 Å². The first-order valence-corrected chi connectivity index (χ1v) is 10.1. The highest BCUT2D eigenvalue weighted by Gasteiger charge is 2.20. The number of carbonyl (C=O) groups is 1. The summed E-state index contributed by atoms with van der Waals surface area (Å²) < 4.78 is 5.32. The van der Waals surface area contributed by atoms with Crippen molar-refractivity contribution >= 4 is 39.3 Å². The molecular weight excluding hydrogens is 352 g/mol. The van der Waals surface area contributed by atoms with Crippen LogP contribution in [0.15, 0.2) is 47.1 Å². The molecule has 3 rings (SSSR count). The number of hydrogen-bond donors (Lipinski definition) is 0. The maximum atomic E-state index is 12.2. The summed E-state index contributed by atoms with van der Waals surface area (Å²) in [6, 6.07) is 10.2. The van der Waals surface area contributed by atoms with Crippen LogP contribution >= 0.6 is 23.1 Å². The molecule has 0 spiro atoms. The van der Waals surface area contributed by atoms with Crippen LogP contribution in [-0.2, 0) is 9.53 Å². The molecule has 6 heteroatoms. The number of benzene rings is 1. The predicted octanol–water partition coefficient (Wildman–Crippen LogP) is 5.18. The molecule has 1 atom stereocenters. The van der Waals surface area contributed by atoms with Gasteiger partial charge in [0.2, 0.25) is 0 Å². The number of rotatable bonds is 7. The maximum Gasteiger partial charge on any atom is 0.319 e. The van der Waals surface area contributed by atoms with Gasteiger partial charge >= 0.3 is 5.97 Å². The normalized spacial score (nSPS) is 12.2. The largest absolute Gasteiger partial charge is 0.465 e. The Kier molecular flexibility index (Phi) is 6.04. The van der Waals surface area contributed by atoms with Crippen molar-refractivity contribution in [2.45, 2.75) is 37.0 Å². The van der Waals surface area contributed by atoms with E-state index in [0.717, 1.165) is 39.2 Å². The summed E-state index contributed by atoms with van der Waals surface area (Å²) in [6.07, 6.45) is 3.46. The lowest BCUT2D eigenvalue weighted by molar-refractivity contribution is -0.142. The van der Waals surface area contributed by atoms with Crippen LogP contribution < -0.4 is 0 Å². The van der Waals surface area contributed by atoms with E-state index in [9.17, 15) is 4.79 Å². The van der Waals surface area contributed by atoms with E-state index in [-0.39, 0.29) is 11.2 Å². The zero-order chi connectivity index (χ0) is 17.6. The lowest BCUT2D eigenvalue weighted by Crippen LogP contribution is -2.17. The standard InChI is InChI=1S/C19H20N2O2S2/c1-3-4-10-23-19(22)13(2)25-18-16-15(14-8-6-5-7-9-14)11-24-17(16)20-12-21-18/h5-9,11-13H,3-4,10H2,1-2H3/t13-/m0/s1. The minimum Gasteiger partial charge on any atom is -0.465 e. The van der Waals surface area contributed by atoms with Crippen molar-refractivity contribution in [1.29, 1.82) is 0 Å². The van der Waals surface area contributed by atoms with E-state index in [2.05, 4.69) is 34.4 Å². The van der Waals surface area contributed by atoms with Gasteiger partial charge in [0.05, 0.1) is 12.0 Å². The Morgan fingerprint density at radius 3 is 2.84 bits per heavy atom. The summed E-state index contributed by atoms with van der Waals surface area (Å²) in [5.41, 5.74) is 2.24. The fraction of sp³-hybridized carbons (Fsp3) is 0.316. The van der Waals surface area contributed by atoms with Gasteiger partial charge in [-0.1, -0.05) is 55.4 Å². The van der Waals surface area contributed by atoms with E-state index in [0.29, 0.717) is 6.61 Å². The topological polar surface area (TPSA) is 52.1 Å². The molecule has 0 saturated carbocycles. The number of carbonyl (C=O) groups excluding carboxylic acids is 1. The minimum absolute atomic E-state index is 0.193. The van der Waals surface area contributed by atoms with Gasteiger partial charge in [-0.2, -0.15) is 0 Å². The smallest absolute Gasteiger partial charge is 0.319 e. The van der Waals surface area contributed by atoms with Crippen molar-refractivity contribution in [3.63, 3.8) is 0 Å². The summed E-state index contributed by atoms with van der Waals surface area (Å²) in [4.78, 5) is 21.9. The molecule has 0 aliphatic carbocycles. The molecular formula is C19H20N2O2S2. The molecule has 0 amide bonds. The Morgan fingerprint density at radius 2 is 2.08 bits per heavy atom. The average Bonchev–Trinajstić information content (AvgIpc) is 3.07. The van der Waals surface area contributed by atoms with Crippen molar-refractivity contribution in [3.05, 3.63) is 42.0 Å². The van der Waals surface area contributed by atoms with Gasteiger partial charge < -0.3 is 4.74 Å². The molecule has 2 aromatic heterocycles. The van der Waals surface area contributed by atoms with E-state index in [1.165, 1.54) is 11.8 Å². The van der Waals surface area contributed by atoms with E-state index in [1.54, 1.807) is 17.7 Å². The quantitative estimate of drug-likeness (QED) is 0.247. The second-order valence-electron chi connectivity index (χ2n) is 5.66. The lowest BCUT2D eigenvalue weighted by atomic mass is 10.1. The van der Waals surface area contributed by atoms with E-state index < -0.39 is 0 Å². The molecule has 4 nitrogen and oxygen atoms in total. The summed E-state index contributed by atoms with van der Waals surface area (Å²) in [6.45, 7) is 4.42. The van der Waals surface area contributed by atoms with Crippen LogP contribution in [0.2, 0.25) is 0 Å². The maximum absolute atomic E-state index is 12.2. The molecule has 130 valence electrons. The SMILES string of the molecule is CCCCOC(=O)[C@H](C)Sc1ncnc2scc(-c3ccccc3)c12. The molecule has 0 unspecified atom stereocenters. The molecule has 0 N–H and O–H groups in total. The van der Waals surface area contributed by atoms with Gasteiger partial charge in [-0.15, -0.1) is 11.3 Å². The Morgan fingerprint density at radius 1 is 1.28 bits per heavy atom. The number of thiophene rings is 1. The highest BCUT2D eigenvalue weighted by Crippen LogP contribution is 2.38. The van der Waals surface area contributed by atoms with Crippen LogP contribution in [-0.4, -0.2) is 27.8 Å². The highest BCUT2D eigenvalue weighted by atomic mass is 32.2. The van der Waals surface area contributed by atoms with Crippen molar-refractivity contribution in [1.82, 2.24) is 9.97 Å². The summed E-state index contributed by atoms with van der Waals surface area (Å²) in [7, 11) is 0. The number of esters is 1. The summed E-state index contributed by atoms with van der Waals surface area (Å²) >= 11 is 3.03. The minimum atomic E-state index is -0.307. The fourth-order valence-electron chi connectivity index (χ4n) is 2.42. The zero-order valence-corrected chi connectivity index (χ0v) is 15.9. The zero-order valence-electron chi connectivity index (χ0n) is 14.3. The van der Waals surface area contributed by atoms with Gasteiger partial charge in [0.25, 0.3) is 0 Å². The monoisotopic (exact) mass is 372 g/mol. The fourth-order valence-corrected chi connectivity index (χ4v) is 4.33. The molecule has 3 aromatic rings. The van der Waals surface area contributed by atoms with Crippen LogP contribution in [0.3, 0.4) is 0 Å². The third-order valence-electron chi connectivity index (χ3n) is 3.78. The molecule has 0 bridgehead atoms. The van der Waals surface area contributed by atoms with Crippen LogP contribution in [0.25, 0.3) is 21.3 Å². The number of nitrogens with zero attached hydrogens (tertiary/aromatic N) is 2. The van der Waals surface area contributed by atoms with Crippen molar-refractivity contribution < 1.29 is 9.53 Å². The van der Waals surface area contributed by atoms with E-state index in [1.807, 2.05) is 25.1 Å². The van der Waals surface area contributed by atoms with Gasteiger partial charge in [0.15, 0.2) is 0 Å². The molecule has 0 aliphatic rings. The molecule has 0 radical (unpaired) electrons. The van der Waals surface area contributed by atoms with E-state index >= 15 is 0 Å². The summed E-state index contributed by atoms with van der Waals surface area (Å²) in [5.74, 6) is -0.193. The molecule has 2 heterocycles. The number of hydrogen-bond acceptors (Lipinski definition) is 6. The second kappa shape index (κ2) is 8.45. The Balaban J connectivity index is 1.87. The molecule has 0 fully saturated rings. The lowest BCUT2D eigenvalue weighted by Gasteiger charge is -2.11. The Bertz CT molecular complexity index is 849. The number of aromatic nitrogens is 2. The average molecular weight is 373 g/mol. The second-order valence-corrected chi connectivity index (χ2v) is 7.84. The highest BCUT2D eigenvalue weighted by molar-refractivity contribution is 8.00. The summed E-state index contributed by atoms with van der Waals surface area (Å²) in [5, 5.41) is 3.63. The van der Waals surface area contributed by atoms with Crippen LogP contribution in [0.5, 0.6) is 0 Å². The van der Waals surface area contributed by atoms with Gasteiger partial charge in [-0.25, -0.2) is 9.97 Å². The van der Waals surface area contributed by atoms with Crippen LogP contribution in [0, 0.1) is 0 Å². The van der Waals surface area contributed by atoms with Gasteiger partial charge in [0.1, 0.15) is 21.4 Å². The van der Waals surface area contributed by atoms with Crippen LogP contribution in [0.4, 0.5) is 0 Å². The predicted molar refractivity (Wildman–Crippen MR) is 104 cm³/mol. The molecule has 25 heavy (non-hydrogen) atoms. The van der Waals surface area contributed by atoms with E-state index in [4.69, 9.17) is 4.74 Å². The number of fused-ring (bicyclic) bond motifs is 1. The van der Waals surface area contributed by atoms with Crippen molar-refractivity contribution in [2.75, 3.05) is 6.61 Å². The number of ether oxygens (including phenoxy) is 1. The Labute approximate surface area is 155 Å². The van der Waals surface area contributed by atoms with Gasteiger partial charge in [-0.3, -0.25) is 4.79 Å². The first kappa shape index (κ1) is 17.9. The molecule has 0 aliphatic heterocycles. The first-order valence-electron chi connectivity index (χ1n) is 8.31. The third kappa shape index (κ3) is 4.19. The van der Waals surface area contributed by atoms with Gasteiger partial charge in [-0.05, 0) is 18.9 Å². The third-order valence-corrected chi connectivity index (χ3v) is 5.75. The Hall–Kier alpha value is -1.92. The van der Waals surface area contributed by atoms with Crippen molar-refractivity contribution in [3.8, 4) is 11.1 Å². The van der Waals surface area contributed by atoms with Gasteiger partial charge in [0, 0.05) is 10.9 Å². The first-order chi connectivity index (χ1) is 12.2. The molecule has 0 saturated heterocycles. The number of unbranched alkanes of at least 4 members (excludes halogenated alkanes) is 1. The molecule has 1 aromatic carbocycles. The van der Waals surface area contributed by atoms with Crippen molar-refractivity contribution in [2.24, 2.45) is 0 Å². The number of thioether (sulfide) groups is 1.